The molecule has 1 saturated carbocycles. The highest BCUT2D eigenvalue weighted by Crippen LogP contribution is 2.38. The summed E-state index contributed by atoms with van der Waals surface area (Å²) in [5.74, 6) is -0.993. The molecule has 1 saturated heterocycles. The number of esters is 1. The molecule has 2 N–H and O–H groups in total. The molecular formula is C21H27N3O6. The van der Waals surface area contributed by atoms with Gasteiger partial charge in [0.15, 0.2) is 6.61 Å². The highest BCUT2D eigenvalue weighted by atomic mass is 16.5. The molecule has 4 amide bonds. The van der Waals surface area contributed by atoms with E-state index in [1.165, 1.54) is 0 Å². The van der Waals surface area contributed by atoms with Crippen molar-refractivity contribution in [1.29, 1.82) is 0 Å². The first kappa shape index (κ1) is 21.6. The molecule has 0 unspecified atom stereocenters. The van der Waals surface area contributed by atoms with E-state index in [2.05, 4.69) is 10.6 Å². The van der Waals surface area contributed by atoms with E-state index in [-0.39, 0.29) is 25.0 Å². The van der Waals surface area contributed by atoms with Gasteiger partial charge in [0.25, 0.3) is 11.8 Å². The minimum atomic E-state index is -0.925. The normalized spacial score (nSPS) is 23.2. The van der Waals surface area contributed by atoms with Gasteiger partial charge in [0.1, 0.15) is 24.4 Å². The van der Waals surface area contributed by atoms with Crippen LogP contribution in [-0.4, -0.2) is 60.6 Å². The molecule has 1 aromatic rings. The van der Waals surface area contributed by atoms with Gasteiger partial charge in [0.05, 0.1) is 6.54 Å². The number of ether oxygens (including phenoxy) is 2. The van der Waals surface area contributed by atoms with E-state index in [0.29, 0.717) is 12.2 Å². The molecule has 1 heterocycles. The first-order chi connectivity index (χ1) is 14.4. The molecule has 2 fully saturated rings. The van der Waals surface area contributed by atoms with E-state index < -0.39 is 36.6 Å². The second-order valence-corrected chi connectivity index (χ2v) is 7.61. The van der Waals surface area contributed by atoms with Crippen LogP contribution in [0.3, 0.4) is 0 Å². The SMILES string of the molecule is C[C@@H]1CCCC[C@@]12NC(=O)N(CC(=O)OCC(=O)NCCOc1ccccc1)C2=O. The third-order valence-corrected chi connectivity index (χ3v) is 5.59. The molecule has 2 aliphatic rings. The number of carbonyl (C=O) groups is 4. The second kappa shape index (κ2) is 9.60. The Hall–Kier alpha value is -3.10. The Morgan fingerprint density at radius 3 is 2.73 bits per heavy atom. The van der Waals surface area contributed by atoms with Gasteiger partial charge in [-0.1, -0.05) is 38.0 Å². The van der Waals surface area contributed by atoms with Gasteiger partial charge >= 0.3 is 12.0 Å². The number of amides is 4. The average molecular weight is 417 g/mol. The molecule has 2 atom stereocenters. The Morgan fingerprint density at radius 1 is 1.23 bits per heavy atom. The van der Waals surface area contributed by atoms with E-state index in [1.54, 1.807) is 12.1 Å². The zero-order chi connectivity index (χ0) is 21.6. The van der Waals surface area contributed by atoms with Crippen LogP contribution in [0.4, 0.5) is 4.79 Å². The third kappa shape index (κ3) is 4.90. The molecule has 1 spiro atoms. The Bertz CT molecular complexity index is 799. The molecule has 1 aliphatic heterocycles. The molecule has 0 radical (unpaired) electrons. The first-order valence-corrected chi connectivity index (χ1v) is 10.2. The lowest BCUT2D eigenvalue weighted by Crippen LogP contribution is -2.54. The number of nitrogens with one attached hydrogen (secondary N) is 2. The van der Waals surface area contributed by atoms with Crippen molar-refractivity contribution in [2.24, 2.45) is 5.92 Å². The van der Waals surface area contributed by atoms with Crippen LogP contribution in [0.15, 0.2) is 30.3 Å². The standard InChI is InChI=1S/C21H27N3O6/c1-15-7-5-6-10-21(15)19(27)24(20(28)23-21)13-18(26)30-14-17(25)22-11-12-29-16-8-3-2-4-9-16/h2-4,8-9,15H,5-7,10-14H2,1H3,(H,22,25)(H,23,28)/t15-,21-/m1/s1. The van der Waals surface area contributed by atoms with Crippen LogP contribution in [0.1, 0.15) is 32.6 Å². The molecule has 162 valence electrons. The summed E-state index contributed by atoms with van der Waals surface area (Å²) in [6.45, 7) is 1.45. The van der Waals surface area contributed by atoms with Gasteiger partial charge in [0, 0.05) is 0 Å². The summed E-state index contributed by atoms with van der Waals surface area (Å²) in [7, 11) is 0. The highest BCUT2D eigenvalue weighted by molar-refractivity contribution is 6.09. The van der Waals surface area contributed by atoms with Gasteiger partial charge < -0.3 is 20.1 Å². The molecule has 9 nitrogen and oxygen atoms in total. The van der Waals surface area contributed by atoms with Crippen LogP contribution in [0.5, 0.6) is 5.75 Å². The molecule has 1 aliphatic carbocycles. The van der Waals surface area contributed by atoms with Gasteiger partial charge in [0.2, 0.25) is 0 Å². The second-order valence-electron chi connectivity index (χ2n) is 7.61. The summed E-state index contributed by atoms with van der Waals surface area (Å²) in [6, 6.07) is 8.58. The van der Waals surface area contributed by atoms with Crippen LogP contribution in [0.2, 0.25) is 0 Å². The number of carbonyl (C=O) groups excluding carboxylic acids is 4. The summed E-state index contributed by atoms with van der Waals surface area (Å²) >= 11 is 0. The number of hydrogen-bond donors (Lipinski definition) is 2. The molecule has 30 heavy (non-hydrogen) atoms. The van der Waals surface area contributed by atoms with Crippen LogP contribution < -0.4 is 15.4 Å². The van der Waals surface area contributed by atoms with Crippen molar-refractivity contribution in [2.45, 2.75) is 38.1 Å². The molecule has 0 bridgehead atoms. The summed E-state index contributed by atoms with van der Waals surface area (Å²) in [5.41, 5.74) is -0.925. The maximum absolute atomic E-state index is 12.8. The van der Waals surface area contributed by atoms with E-state index in [4.69, 9.17) is 9.47 Å². The van der Waals surface area contributed by atoms with Gasteiger partial charge in [-0.2, -0.15) is 0 Å². The van der Waals surface area contributed by atoms with Crippen LogP contribution in [0, 0.1) is 5.92 Å². The fourth-order valence-corrected chi connectivity index (χ4v) is 3.89. The monoisotopic (exact) mass is 417 g/mol. The Morgan fingerprint density at radius 2 is 2.00 bits per heavy atom. The quantitative estimate of drug-likeness (QED) is 0.374. The Kier molecular flexibility index (Phi) is 6.91. The molecular weight excluding hydrogens is 390 g/mol. The number of rotatable bonds is 8. The number of nitrogens with zero attached hydrogens (tertiary/aromatic N) is 1. The van der Waals surface area contributed by atoms with E-state index >= 15 is 0 Å². The van der Waals surface area contributed by atoms with E-state index in [0.717, 1.165) is 24.2 Å². The number of urea groups is 1. The van der Waals surface area contributed by atoms with Crippen LogP contribution >= 0.6 is 0 Å². The Labute approximate surface area is 175 Å². The van der Waals surface area contributed by atoms with Crippen LogP contribution in [-0.2, 0) is 19.1 Å². The van der Waals surface area contributed by atoms with Crippen molar-refractivity contribution in [3.8, 4) is 5.75 Å². The number of para-hydroxylation sites is 1. The maximum atomic E-state index is 12.8. The van der Waals surface area contributed by atoms with Gasteiger partial charge in [-0.25, -0.2) is 4.79 Å². The molecule has 0 aromatic heterocycles. The molecule has 1 aromatic carbocycles. The van der Waals surface area contributed by atoms with E-state index in [9.17, 15) is 19.2 Å². The van der Waals surface area contributed by atoms with Gasteiger partial charge in [-0.05, 0) is 30.9 Å². The van der Waals surface area contributed by atoms with Crippen molar-refractivity contribution in [3.63, 3.8) is 0 Å². The van der Waals surface area contributed by atoms with Crippen molar-refractivity contribution >= 4 is 23.8 Å². The minimum Gasteiger partial charge on any atom is -0.492 e. The van der Waals surface area contributed by atoms with Crippen molar-refractivity contribution in [3.05, 3.63) is 30.3 Å². The topological polar surface area (TPSA) is 114 Å². The third-order valence-electron chi connectivity index (χ3n) is 5.59. The summed E-state index contributed by atoms with van der Waals surface area (Å²) < 4.78 is 10.4. The number of benzene rings is 1. The minimum absolute atomic E-state index is 0.00704. The zero-order valence-corrected chi connectivity index (χ0v) is 17.0. The van der Waals surface area contributed by atoms with Gasteiger partial charge in [-0.3, -0.25) is 19.3 Å². The highest BCUT2D eigenvalue weighted by Gasteiger charge is 2.55. The zero-order valence-electron chi connectivity index (χ0n) is 17.0. The largest absolute Gasteiger partial charge is 0.492 e. The van der Waals surface area contributed by atoms with Crippen LogP contribution in [0.25, 0.3) is 0 Å². The smallest absolute Gasteiger partial charge is 0.326 e. The summed E-state index contributed by atoms with van der Waals surface area (Å²) in [5, 5.41) is 5.34. The predicted octanol–water partition coefficient (Wildman–Crippen LogP) is 1.23. The first-order valence-electron chi connectivity index (χ1n) is 10.2. The average Bonchev–Trinajstić information content (AvgIpc) is 2.97. The summed E-state index contributed by atoms with van der Waals surface area (Å²) in [4.78, 5) is 49.8. The lowest BCUT2D eigenvalue weighted by Gasteiger charge is -2.36. The number of hydrogen-bond acceptors (Lipinski definition) is 6. The fourth-order valence-electron chi connectivity index (χ4n) is 3.89. The van der Waals surface area contributed by atoms with E-state index in [1.807, 2.05) is 25.1 Å². The van der Waals surface area contributed by atoms with Crippen molar-refractivity contribution in [1.82, 2.24) is 15.5 Å². The Balaban J connectivity index is 1.38. The maximum Gasteiger partial charge on any atom is 0.326 e. The van der Waals surface area contributed by atoms with Crippen molar-refractivity contribution < 1.29 is 28.7 Å². The fraction of sp³-hybridized carbons (Fsp3) is 0.524. The summed E-state index contributed by atoms with van der Waals surface area (Å²) in [6.07, 6.45) is 3.28. The lowest BCUT2D eigenvalue weighted by molar-refractivity contribution is -0.151. The molecule has 3 rings (SSSR count). The number of imide groups is 1. The molecule has 9 heteroatoms. The predicted molar refractivity (Wildman–Crippen MR) is 107 cm³/mol. The lowest BCUT2D eigenvalue weighted by atomic mass is 9.73. The van der Waals surface area contributed by atoms with Crippen molar-refractivity contribution in [2.75, 3.05) is 26.3 Å². The van der Waals surface area contributed by atoms with Gasteiger partial charge in [-0.15, -0.1) is 0 Å².